The topological polar surface area (TPSA) is 71.1 Å². The third-order valence-corrected chi connectivity index (χ3v) is 5.05. The summed E-state index contributed by atoms with van der Waals surface area (Å²) >= 11 is 5.94. The fraction of sp³-hybridized carbons (Fsp3) is 0.312. The van der Waals surface area contributed by atoms with E-state index in [2.05, 4.69) is 28.9 Å². The highest BCUT2D eigenvalue weighted by molar-refractivity contribution is 7.92. The van der Waals surface area contributed by atoms with E-state index in [9.17, 15) is 8.42 Å². The second kappa shape index (κ2) is 7.66. The van der Waals surface area contributed by atoms with Crippen LogP contribution in [0.4, 0.5) is 11.5 Å². The Morgan fingerprint density at radius 2 is 1.91 bits per heavy atom. The van der Waals surface area contributed by atoms with Gasteiger partial charge in [-0.15, -0.1) is 0 Å². The first-order valence-corrected chi connectivity index (χ1v) is 9.22. The van der Waals surface area contributed by atoms with Gasteiger partial charge in [-0.25, -0.2) is 13.4 Å². The van der Waals surface area contributed by atoms with E-state index in [1.807, 2.05) is 0 Å². The molecular formula is C16H20ClN3O2S. The third kappa shape index (κ3) is 5.11. The molecule has 7 heteroatoms. The molecule has 0 amide bonds. The Kier molecular flexibility index (Phi) is 5.85. The molecule has 1 aromatic heterocycles. The number of halogens is 1. The highest BCUT2D eigenvalue weighted by Crippen LogP contribution is 2.23. The molecule has 0 saturated heterocycles. The van der Waals surface area contributed by atoms with Crippen molar-refractivity contribution in [3.8, 4) is 0 Å². The number of hydrogen-bond acceptors (Lipinski definition) is 4. The Bertz CT molecular complexity index is 746. The van der Waals surface area contributed by atoms with Gasteiger partial charge in [0.1, 0.15) is 10.7 Å². The zero-order valence-corrected chi connectivity index (χ0v) is 14.7. The van der Waals surface area contributed by atoms with E-state index in [0.717, 1.165) is 13.0 Å². The molecule has 1 aromatic carbocycles. The van der Waals surface area contributed by atoms with Crippen molar-refractivity contribution in [2.45, 2.75) is 25.2 Å². The van der Waals surface area contributed by atoms with Crippen molar-refractivity contribution in [1.29, 1.82) is 0 Å². The average molecular weight is 354 g/mol. The maximum Gasteiger partial charge on any atom is 0.263 e. The largest absolute Gasteiger partial charge is 0.370 e. The van der Waals surface area contributed by atoms with Gasteiger partial charge < -0.3 is 5.32 Å². The number of nitrogens with one attached hydrogen (secondary N) is 2. The summed E-state index contributed by atoms with van der Waals surface area (Å²) in [4.78, 5) is 4.25. The van der Waals surface area contributed by atoms with Gasteiger partial charge in [0.05, 0.1) is 16.9 Å². The SMILES string of the molecule is CC(C)CCNc1ccc(NS(=O)(=O)c2ccccc2Cl)cn1. The molecule has 0 aliphatic rings. The van der Waals surface area contributed by atoms with Crippen LogP contribution in [0.15, 0.2) is 47.5 Å². The number of hydrogen-bond donors (Lipinski definition) is 2. The quantitative estimate of drug-likeness (QED) is 0.789. The second-order valence-corrected chi connectivity index (χ2v) is 7.64. The van der Waals surface area contributed by atoms with Crippen LogP contribution in [0, 0.1) is 5.92 Å². The van der Waals surface area contributed by atoms with Crippen molar-refractivity contribution < 1.29 is 8.42 Å². The molecule has 23 heavy (non-hydrogen) atoms. The first-order chi connectivity index (χ1) is 10.9. The molecule has 124 valence electrons. The Hall–Kier alpha value is -1.79. The normalized spacial score (nSPS) is 11.5. The summed E-state index contributed by atoms with van der Waals surface area (Å²) in [5.74, 6) is 1.33. The summed E-state index contributed by atoms with van der Waals surface area (Å²) in [7, 11) is -3.73. The number of nitrogens with zero attached hydrogens (tertiary/aromatic N) is 1. The van der Waals surface area contributed by atoms with Crippen molar-refractivity contribution >= 4 is 33.1 Å². The van der Waals surface area contributed by atoms with Crippen LogP contribution >= 0.6 is 11.6 Å². The lowest BCUT2D eigenvalue weighted by Crippen LogP contribution is -2.14. The van der Waals surface area contributed by atoms with Crippen LogP contribution in [0.1, 0.15) is 20.3 Å². The van der Waals surface area contributed by atoms with Crippen LogP contribution in [0.25, 0.3) is 0 Å². The predicted molar refractivity (Wildman–Crippen MR) is 94.4 cm³/mol. The molecule has 1 heterocycles. The van der Waals surface area contributed by atoms with Gasteiger partial charge in [-0.2, -0.15) is 0 Å². The van der Waals surface area contributed by atoms with Crippen LogP contribution < -0.4 is 10.0 Å². The third-order valence-electron chi connectivity index (χ3n) is 3.17. The monoisotopic (exact) mass is 353 g/mol. The highest BCUT2D eigenvalue weighted by atomic mass is 35.5. The van der Waals surface area contributed by atoms with E-state index >= 15 is 0 Å². The Morgan fingerprint density at radius 3 is 2.52 bits per heavy atom. The van der Waals surface area contributed by atoms with E-state index in [1.165, 1.54) is 18.3 Å². The molecule has 2 rings (SSSR count). The van der Waals surface area contributed by atoms with E-state index in [0.29, 0.717) is 17.4 Å². The molecule has 0 radical (unpaired) electrons. The number of aromatic nitrogens is 1. The van der Waals surface area contributed by atoms with Gasteiger partial charge in [0.15, 0.2) is 0 Å². The first kappa shape index (κ1) is 17.6. The van der Waals surface area contributed by atoms with Gasteiger partial charge in [-0.05, 0) is 36.6 Å². The molecule has 5 nitrogen and oxygen atoms in total. The minimum absolute atomic E-state index is 0.0424. The number of pyridine rings is 1. The first-order valence-electron chi connectivity index (χ1n) is 7.36. The number of sulfonamides is 1. The molecule has 0 unspecified atom stereocenters. The zero-order chi connectivity index (χ0) is 16.9. The predicted octanol–water partition coefficient (Wildman–Crippen LogP) is 3.99. The summed E-state index contributed by atoms with van der Waals surface area (Å²) in [6.07, 6.45) is 2.52. The van der Waals surface area contributed by atoms with E-state index in [4.69, 9.17) is 11.6 Å². The summed E-state index contributed by atoms with van der Waals surface area (Å²) in [5.41, 5.74) is 0.388. The van der Waals surface area contributed by atoms with Gasteiger partial charge in [-0.1, -0.05) is 37.6 Å². The van der Waals surface area contributed by atoms with E-state index in [1.54, 1.807) is 24.3 Å². The molecule has 0 fully saturated rings. The summed E-state index contributed by atoms with van der Waals surface area (Å²) in [6.45, 7) is 5.14. The fourth-order valence-electron chi connectivity index (χ4n) is 1.92. The van der Waals surface area contributed by atoms with E-state index < -0.39 is 10.0 Å². The molecule has 0 bridgehead atoms. The van der Waals surface area contributed by atoms with Gasteiger partial charge in [0.2, 0.25) is 0 Å². The molecule has 0 atom stereocenters. The standard InChI is InChI=1S/C16H20ClN3O2S/c1-12(2)9-10-18-16-8-7-13(11-19-16)20-23(21,22)15-6-4-3-5-14(15)17/h3-8,11-12,20H,9-10H2,1-2H3,(H,18,19). The lowest BCUT2D eigenvalue weighted by Gasteiger charge is -2.10. The van der Waals surface area contributed by atoms with Crippen molar-refractivity contribution in [1.82, 2.24) is 4.98 Å². The van der Waals surface area contributed by atoms with Crippen LogP contribution in [0.2, 0.25) is 5.02 Å². The zero-order valence-electron chi connectivity index (χ0n) is 13.1. The van der Waals surface area contributed by atoms with Crippen LogP contribution in [0.3, 0.4) is 0 Å². The van der Waals surface area contributed by atoms with Crippen LogP contribution in [-0.2, 0) is 10.0 Å². The molecular weight excluding hydrogens is 334 g/mol. The summed E-state index contributed by atoms with van der Waals surface area (Å²) < 4.78 is 27.1. The minimum atomic E-state index is -3.73. The molecule has 2 N–H and O–H groups in total. The van der Waals surface area contributed by atoms with E-state index in [-0.39, 0.29) is 9.92 Å². The van der Waals surface area contributed by atoms with Crippen LogP contribution in [-0.4, -0.2) is 19.9 Å². The maximum atomic E-state index is 12.3. The lowest BCUT2D eigenvalue weighted by molar-refractivity contribution is 0.601. The summed E-state index contributed by atoms with van der Waals surface area (Å²) in [6, 6.07) is 9.71. The molecule has 0 spiro atoms. The fourth-order valence-corrected chi connectivity index (χ4v) is 3.48. The van der Waals surface area contributed by atoms with Crippen molar-refractivity contribution in [2.75, 3.05) is 16.6 Å². The van der Waals surface area contributed by atoms with Gasteiger partial charge in [-0.3, -0.25) is 4.72 Å². The Morgan fingerprint density at radius 1 is 1.17 bits per heavy atom. The van der Waals surface area contributed by atoms with Crippen molar-refractivity contribution in [2.24, 2.45) is 5.92 Å². The highest BCUT2D eigenvalue weighted by Gasteiger charge is 2.17. The smallest absolute Gasteiger partial charge is 0.263 e. The molecule has 0 saturated carbocycles. The minimum Gasteiger partial charge on any atom is -0.370 e. The number of anilines is 2. The lowest BCUT2D eigenvalue weighted by atomic mass is 10.1. The molecule has 0 aliphatic carbocycles. The number of benzene rings is 1. The summed E-state index contributed by atoms with van der Waals surface area (Å²) in [5, 5.41) is 3.38. The van der Waals surface area contributed by atoms with Gasteiger partial charge >= 0.3 is 0 Å². The molecule has 0 aliphatic heterocycles. The second-order valence-electron chi connectivity index (χ2n) is 5.58. The van der Waals surface area contributed by atoms with Gasteiger partial charge in [0.25, 0.3) is 10.0 Å². The van der Waals surface area contributed by atoms with Gasteiger partial charge in [0, 0.05) is 6.54 Å². The Balaban J connectivity index is 2.04. The van der Waals surface area contributed by atoms with Crippen molar-refractivity contribution in [3.63, 3.8) is 0 Å². The van der Waals surface area contributed by atoms with Crippen LogP contribution in [0.5, 0.6) is 0 Å². The van der Waals surface area contributed by atoms with Crippen molar-refractivity contribution in [3.05, 3.63) is 47.6 Å². The Labute approximate surface area is 142 Å². The molecule has 2 aromatic rings. The maximum absolute atomic E-state index is 12.3. The average Bonchev–Trinajstić information content (AvgIpc) is 2.48. The number of rotatable bonds is 7.